The molecule has 0 N–H and O–H groups in total. The topological polar surface area (TPSA) is 83.2 Å². The van der Waals surface area contributed by atoms with Gasteiger partial charge >= 0.3 is 6.18 Å². The third-order valence-electron chi connectivity index (χ3n) is 13.1. The van der Waals surface area contributed by atoms with E-state index in [4.69, 9.17) is 9.97 Å². The van der Waals surface area contributed by atoms with Crippen LogP contribution in [-0.2, 0) is 6.18 Å². The first-order chi connectivity index (χ1) is 34.3. The van der Waals surface area contributed by atoms with Gasteiger partial charge in [-0.1, -0.05) is 140 Å². The van der Waals surface area contributed by atoms with Crippen LogP contribution in [0.2, 0.25) is 0 Å². The molecule has 0 saturated carbocycles. The van der Waals surface area contributed by atoms with Crippen molar-refractivity contribution in [3.63, 3.8) is 0 Å². The molecule has 0 atom stereocenters. The fourth-order valence-electron chi connectivity index (χ4n) is 9.92. The quantitative estimate of drug-likeness (QED) is 0.159. The first-order valence-electron chi connectivity index (χ1n) is 22.6. The van der Waals surface area contributed by atoms with Crippen LogP contribution in [-0.4, -0.2) is 19.1 Å². The monoisotopic (exact) mass is 908 g/mol. The minimum atomic E-state index is -4.81. The zero-order chi connectivity index (χ0) is 47.5. The van der Waals surface area contributed by atoms with Gasteiger partial charge in [0, 0.05) is 61.8 Å². The number of hydrogen-bond donors (Lipinski definition) is 0. The van der Waals surface area contributed by atoms with Gasteiger partial charge in [0.2, 0.25) is 0 Å². The molecule has 12 rings (SSSR count). The zero-order valence-electron chi connectivity index (χ0n) is 37.0. The van der Waals surface area contributed by atoms with E-state index in [0.29, 0.717) is 11.4 Å². The predicted octanol–water partition coefficient (Wildman–Crippen LogP) is 15.8. The second kappa shape index (κ2) is 16.6. The summed E-state index contributed by atoms with van der Waals surface area (Å²) in [5.74, 6) is 0. The fraction of sp³-hybridized carbons (Fsp3) is 0.0164. The summed E-state index contributed by atoms with van der Waals surface area (Å²) in [7, 11) is 0. The fourth-order valence-corrected chi connectivity index (χ4v) is 9.92. The van der Waals surface area contributed by atoms with Crippen LogP contribution in [0.15, 0.2) is 213 Å². The number of halogens is 3. The van der Waals surface area contributed by atoms with Crippen LogP contribution in [0.25, 0.3) is 111 Å². The molecule has 8 aromatic carbocycles. The number of pyridine rings is 2. The Labute approximate surface area is 399 Å². The van der Waals surface area contributed by atoms with Crippen LogP contribution in [0, 0.1) is 22.7 Å². The molecule has 0 unspecified atom stereocenters. The van der Waals surface area contributed by atoms with Gasteiger partial charge in [0.15, 0.2) is 0 Å². The molecule has 0 amide bonds. The van der Waals surface area contributed by atoms with Crippen molar-refractivity contribution in [3.05, 3.63) is 229 Å². The number of aromatic nitrogens is 4. The minimum absolute atomic E-state index is 0.124. The summed E-state index contributed by atoms with van der Waals surface area (Å²) in [4.78, 5) is 9.61. The van der Waals surface area contributed by atoms with E-state index < -0.39 is 11.7 Å². The summed E-state index contributed by atoms with van der Waals surface area (Å²) in [6.07, 6.45) is -1.15. The summed E-state index contributed by atoms with van der Waals surface area (Å²) in [5, 5.41) is 25.6. The molecular weight excluding hydrogens is 874 g/mol. The van der Waals surface area contributed by atoms with Crippen LogP contribution < -0.4 is 0 Å². The number of alkyl halides is 3. The minimum Gasteiger partial charge on any atom is -0.308 e. The summed E-state index contributed by atoms with van der Waals surface area (Å²) in [6.45, 7) is 0. The Morgan fingerprint density at radius 3 is 1.29 bits per heavy atom. The number of hydrogen-bond acceptors (Lipinski definition) is 4. The van der Waals surface area contributed by atoms with Gasteiger partial charge in [-0.2, -0.15) is 23.7 Å². The van der Waals surface area contributed by atoms with E-state index in [0.717, 1.165) is 94.4 Å². The van der Waals surface area contributed by atoms with E-state index >= 15 is 13.2 Å². The average Bonchev–Trinajstić information content (AvgIpc) is 3.92. The Balaban J connectivity index is 1.15. The summed E-state index contributed by atoms with van der Waals surface area (Å²) in [5.41, 5.74) is 9.66. The lowest BCUT2D eigenvalue weighted by molar-refractivity contribution is -0.137. The largest absolute Gasteiger partial charge is 0.417 e. The molecule has 330 valence electrons. The lowest BCUT2D eigenvalue weighted by Gasteiger charge is -2.21. The summed E-state index contributed by atoms with van der Waals surface area (Å²) in [6, 6.07) is 67.2. The molecule has 4 heterocycles. The highest BCUT2D eigenvalue weighted by Crippen LogP contribution is 2.45. The second-order valence-electron chi connectivity index (χ2n) is 17.1. The molecule has 4 aromatic heterocycles. The molecule has 0 aliphatic carbocycles. The molecule has 9 heteroatoms. The van der Waals surface area contributed by atoms with Crippen LogP contribution in [0.3, 0.4) is 0 Å². The number of para-hydroxylation sites is 2. The molecular formula is C61H35F3N6. The Bertz CT molecular complexity index is 3880. The number of fused-ring (bicyclic) bond motifs is 6. The van der Waals surface area contributed by atoms with E-state index in [1.165, 1.54) is 12.1 Å². The molecule has 0 spiro atoms. The molecule has 0 saturated heterocycles. The van der Waals surface area contributed by atoms with Crippen molar-refractivity contribution in [1.82, 2.24) is 19.1 Å². The number of nitriles is 2. The van der Waals surface area contributed by atoms with Crippen molar-refractivity contribution < 1.29 is 13.2 Å². The average molecular weight is 909 g/mol. The molecule has 12 aromatic rings. The van der Waals surface area contributed by atoms with Crippen molar-refractivity contribution in [2.24, 2.45) is 0 Å². The van der Waals surface area contributed by atoms with E-state index in [1.807, 2.05) is 191 Å². The maximum absolute atomic E-state index is 15.2. The number of nitrogens with zero attached hydrogens (tertiary/aromatic N) is 6. The first kappa shape index (κ1) is 41.8. The normalized spacial score (nSPS) is 11.6. The van der Waals surface area contributed by atoms with Crippen molar-refractivity contribution in [3.8, 4) is 79.4 Å². The van der Waals surface area contributed by atoms with Crippen molar-refractivity contribution in [1.29, 1.82) is 10.5 Å². The van der Waals surface area contributed by atoms with Gasteiger partial charge in [-0.15, -0.1) is 0 Å². The smallest absolute Gasteiger partial charge is 0.308 e. The van der Waals surface area contributed by atoms with Gasteiger partial charge < -0.3 is 9.13 Å². The van der Waals surface area contributed by atoms with E-state index in [9.17, 15) is 10.5 Å². The van der Waals surface area contributed by atoms with Crippen molar-refractivity contribution >= 4 is 43.6 Å². The highest BCUT2D eigenvalue weighted by Gasteiger charge is 2.35. The van der Waals surface area contributed by atoms with Gasteiger partial charge in [-0.05, 0) is 77.4 Å². The number of benzene rings is 8. The lowest BCUT2D eigenvalue weighted by atomic mass is 9.92. The van der Waals surface area contributed by atoms with Crippen LogP contribution in [0.4, 0.5) is 13.2 Å². The molecule has 0 radical (unpaired) electrons. The third-order valence-corrected chi connectivity index (χ3v) is 13.1. The second-order valence-corrected chi connectivity index (χ2v) is 17.1. The van der Waals surface area contributed by atoms with Gasteiger partial charge in [0.05, 0.1) is 62.0 Å². The first-order valence-corrected chi connectivity index (χ1v) is 22.6. The summed E-state index contributed by atoms with van der Waals surface area (Å²) >= 11 is 0. The predicted molar refractivity (Wildman–Crippen MR) is 272 cm³/mol. The highest BCUT2D eigenvalue weighted by atomic mass is 19.4. The Hall–Kier alpha value is -9.57. The molecule has 70 heavy (non-hydrogen) atoms. The van der Waals surface area contributed by atoms with Crippen LogP contribution in [0.5, 0.6) is 0 Å². The molecule has 0 bridgehead atoms. The van der Waals surface area contributed by atoms with E-state index in [2.05, 4.69) is 12.1 Å². The van der Waals surface area contributed by atoms with Gasteiger partial charge in [0.25, 0.3) is 0 Å². The zero-order valence-corrected chi connectivity index (χ0v) is 37.0. The molecule has 0 aliphatic heterocycles. The molecule has 0 aliphatic rings. The van der Waals surface area contributed by atoms with E-state index in [1.54, 1.807) is 12.1 Å². The highest BCUT2D eigenvalue weighted by molar-refractivity contribution is 6.12. The van der Waals surface area contributed by atoms with E-state index in [-0.39, 0.29) is 22.3 Å². The SMILES string of the molecule is N#Cc1cccc(C(F)(F)F)c1-c1cc(-n2c3ccccc3c3ccc(-c4ccc(-c5ccccc5)nc4)cc32)c(C#N)c(-n2c3ccccc3c3ccc(-c4ccc(-c5ccccc5)nc4)cc32)c1. The molecule has 6 nitrogen and oxygen atoms in total. The summed E-state index contributed by atoms with van der Waals surface area (Å²) < 4.78 is 49.7. The van der Waals surface area contributed by atoms with Gasteiger partial charge in [-0.25, -0.2) is 0 Å². The van der Waals surface area contributed by atoms with Crippen molar-refractivity contribution in [2.75, 3.05) is 0 Å². The number of rotatable bonds is 7. The van der Waals surface area contributed by atoms with Crippen molar-refractivity contribution in [2.45, 2.75) is 6.18 Å². The van der Waals surface area contributed by atoms with Gasteiger partial charge in [0.1, 0.15) is 11.6 Å². The Morgan fingerprint density at radius 1 is 0.386 bits per heavy atom. The lowest BCUT2D eigenvalue weighted by Crippen LogP contribution is -2.10. The molecule has 0 fully saturated rings. The Morgan fingerprint density at radius 2 is 0.843 bits per heavy atom. The Kier molecular flexibility index (Phi) is 9.94. The van der Waals surface area contributed by atoms with Gasteiger partial charge in [-0.3, -0.25) is 9.97 Å². The third kappa shape index (κ3) is 6.96. The van der Waals surface area contributed by atoms with Crippen LogP contribution in [0.1, 0.15) is 16.7 Å². The maximum Gasteiger partial charge on any atom is 0.417 e. The van der Waals surface area contributed by atoms with Crippen LogP contribution >= 0.6 is 0 Å². The standard InChI is InChI=1S/C61H35F3N6/c62-61(63,64)51-19-11-16-42(34-65)60(51)45-32-58(69-54-20-9-7-17-46(54)48-26-22-40(30-56(48)69)43-24-28-52(67-36-43)38-12-3-1-4-13-38)50(35-66)59(33-45)70-55-21-10-8-18-47(55)49-27-23-41(31-57(49)70)44-25-29-53(68-37-44)39-14-5-2-6-15-39/h1-33,36-37H. The maximum atomic E-state index is 15.2.